The molecule has 0 unspecified atom stereocenters. The van der Waals surface area contributed by atoms with Crippen molar-refractivity contribution < 1.29 is 24.2 Å². The maximum absolute atomic E-state index is 12.0. The Labute approximate surface area is 128 Å². The van der Waals surface area contributed by atoms with Crippen molar-refractivity contribution in [1.29, 1.82) is 0 Å². The minimum absolute atomic E-state index is 0.0581. The lowest BCUT2D eigenvalue weighted by molar-refractivity contribution is -0.137. The summed E-state index contributed by atoms with van der Waals surface area (Å²) in [6.07, 6.45) is 3.07. The van der Waals surface area contributed by atoms with Gasteiger partial charge in [0.15, 0.2) is 11.5 Å². The van der Waals surface area contributed by atoms with Crippen molar-refractivity contribution in [2.75, 3.05) is 26.3 Å². The van der Waals surface area contributed by atoms with Crippen LogP contribution in [0.15, 0.2) is 24.3 Å². The van der Waals surface area contributed by atoms with Gasteiger partial charge in [-0.3, -0.25) is 9.59 Å². The van der Waals surface area contributed by atoms with E-state index in [0.29, 0.717) is 31.3 Å². The average molecular weight is 305 g/mol. The molecule has 1 N–H and O–H groups in total. The Kier molecular flexibility index (Phi) is 5.41. The fourth-order valence-corrected chi connectivity index (χ4v) is 2.09. The number of carboxylic acid groups (broad SMARTS) is 1. The number of rotatable bonds is 6. The van der Waals surface area contributed by atoms with Crippen molar-refractivity contribution in [1.82, 2.24) is 4.90 Å². The van der Waals surface area contributed by atoms with Crippen LogP contribution in [0.1, 0.15) is 18.9 Å². The zero-order valence-electron chi connectivity index (χ0n) is 12.4. The van der Waals surface area contributed by atoms with E-state index in [0.717, 1.165) is 5.56 Å². The number of carbonyl (C=O) groups excluding carboxylic acids is 1. The van der Waals surface area contributed by atoms with Gasteiger partial charge in [0, 0.05) is 19.2 Å². The molecule has 1 aromatic rings. The van der Waals surface area contributed by atoms with E-state index in [-0.39, 0.29) is 18.9 Å². The van der Waals surface area contributed by atoms with Crippen LogP contribution in [0.4, 0.5) is 0 Å². The number of hydrogen-bond donors (Lipinski definition) is 1. The molecule has 1 aliphatic rings. The second-order valence-corrected chi connectivity index (χ2v) is 4.80. The van der Waals surface area contributed by atoms with Crippen LogP contribution in [0.25, 0.3) is 6.08 Å². The van der Waals surface area contributed by atoms with E-state index < -0.39 is 5.97 Å². The van der Waals surface area contributed by atoms with Crippen LogP contribution in [-0.2, 0) is 9.59 Å². The molecule has 6 nitrogen and oxygen atoms in total. The van der Waals surface area contributed by atoms with Crippen molar-refractivity contribution in [2.45, 2.75) is 13.3 Å². The number of carboxylic acids is 1. The van der Waals surface area contributed by atoms with Gasteiger partial charge in [-0.2, -0.15) is 0 Å². The summed E-state index contributed by atoms with van der Waals surface area (Å²) >= 11 is 0. The highest BCUT2D eigenvalue weighted by atomic mass is 16.6. The molecular formula is C16H19NO5. The Morgan fingerprint density at radius 3 is 2.68 bits per heavy atom. The summed E-state index contributed by atoms with van der Waals surface area (Å²) in [4.78, 5) is 24.1. The number of fused-ring (bicyclic) bond motifs is 1. The average Bonchev–Trinajstić information content (AvgIpc) is 2.53. The normalized spacial score (nSPS) is 13.1. The Morgan fingerprint density at radius 2 is 2.00 bits per heavy atom. The summed E-state index contributed by atoms with van der Waals surface area (Å²) in [7, 11) is 0. The molecule has 6 heteroatoms. The Hall–Kier alpha value is -2.50. The third-order valence-corrected chi connectivity index (χ3v) is 3.27. The van der Waals surface area contributed by atoms with E-state index >= 15 is 0 Å². The quantitative estimate of drug-likeness (QED) is 0.811. The molecule has 1 aliphatic heterocycles. The van der Waals surface area contributed by atoms with E-state index in [1.165, 1.54) is 11.0 Å². The number of hydrogen-bond acceptors (Lipinski definition) is 4. The molecule has 22 heavy (non-hydrogen) atoms. The fourth-order valence-electron chi connectivity index (χ4n) is 2.09. The predicted molar refractivity (Wildman–Crippen MR) is 81.0 cm³/mol. The molecule has 0 saturated heterocycles. The van der Waals surface area contributed by atoms with Gasteiger partial charge in [0.05, 0.1) is 6.42 Å². The third kappa shape index (κ3) is 4.25. The van der Waals surface area contributed by atoms with Crippen LogP contribution in [-0.4, -0.2) is 48.2 Å². The van der Waals surface area contributed by atoms with Gasteiger partial charge < -0.3 is 19.5 Å². The molecule has 2 rings (SSSR count). The van der Waals surface area contributed by atoms with Gasteiger partial charge in [0.25, 0.3) is 0 Å². The van der Waals surface area contributed by atoms with E-state index in [2.05, 4.69) is 0 Å². The summed E-state index contributed by atoms with van der Waals surface area (Å²) in [5.41, 5.74) is 0.826. The number of likely N-dealkylation sites (N-methyl/N-ethyl adjacent to an activating group) is 1. The lowest BCUT2D eigenvalue weighted by Gasteiger charge is -2.19. The smallest absolute Gasteiger partial charge is 0.305 e. The molecule has 1 amide bonds. The topological polar surface area (TPSA) is 76.1 Å². The van der Waals surface area contributed by atoms with Crippen molar-refractivity contribution >= 4 is 18.0 Å². The largest absolute Gasteiger partial charge is 0.486 e. The molecule has 1 aromatic carbocycles. The van der Waals surface area contributed by atoms with E-state index in [1.807, 2.05) is 19.1 Å². The standard InChI is InChI=1S/C16H19NO5/c1-2-17(8-7-16(19)20)15(18)6-4-12-3-5-13-14(11-12)22-10-9-21-13/h3-6,11H,2,7-10H2,1H3,(H,19,20)/b6-4+. The molecule has 0 radical (unpaired) electrons. The monoisotopic (exact) mass is 305 g/mol. The number of nitrogens with zero attached hydrogens (tertiary/aromatic N) is 1. The number of benzene rings is 1. The number of amides is 1. The first-order chi connectivity index (χ1) is 10.6. The number of aliphatic carboxylic acids is 1. The Bertz CT molecular complexity index is 582. The van der Waals surface area contributed by atoms with E-state index in [1.54, 1.807) is 12.1 Å². The minimum atomic E-state index is -0.915. The van der Waals surface area contributed by atoms with Crippen LogP contribution in [0.3, 0.4) is 0 Å². The van der Waals surface area contributed by atoms with Gasteiger partial charge in [-0.05, 0) is 30.7 Å². The van der Waals surface area contributed by atoms with Crippen LogP contribution in [0.2, 0.25) is 0 Å². The SMILES string of the molecule is CCN(CCC(=O)O)C(=O)/C=C/c1ccc2c(c1)OCCO2. The van der Waals surface area contributed by atoms with Crippen molar-refractivity contribution in [2.24, 2.45) is 0 Å². The zero-order valence-corrected chi connectivity index (χ0v) is 12.4. The first-order valence-electron chi connectivity index (χ1n) is 7.18. The summed E-state index contributed by atoms with van der Waals surface area (Å²) < 4.78 is 10.9. The highest BCUT2D eigenvalue weighted by Gasteiger charge is 2.12. The van der Waals surface area contributed by atoms with Gasteiger partial charge in [-0.25, -0.2) is 0 Å². The van der Waals surface area contributed by atoms with Crippen LogP contribution < -0.4 is 9.47 Å². The van der Waals surface area contributed by atoms with Crippen molar-refractivity contribution in [3.63, 3.8) is 0 Å². The summed E-state index contributed by atoms with van der Waals surface area (Å²) in [6.45, 7) is 3.54. The Balaban J connectivity index is 2.00. The molecule has 118 valence electrons. The van der Waals surface area contributed by atoms with Gasteiger partial charge in [0.1, 0.15) is 13.2 Å². The van der Waals surface area contributed by atoms with Crippen molar-refractivity contribution in [3.8, 4) is 11.5 Å². The number of carbonyl (C=O) groups is 2. The third-order valence-electron chi connectivity index (χ3n) is 3.27. The lowest BCUT2D eigenvalue weighted by atomic mass is 10.1. The molecule has 0 saturated carbocycles. The summed E-state index contributed by atoms with van der Waals surface area (Å²) in [5.74, 6) is 0.242. The molecule has 0 aliphatic carbocycles. The first kappa shape index (κ1) is 15.9. The molecule has 0 aromatic heterocycles. The second-order valence-electron chi connectivity index (χ2n) is 4.80. The molecule has 0 fully saturated rings. The maximum Gasteiger partial charge on any atom is 0.305 e. The highest BCUT2D eigenvalue weighted by molar-refractivity contribution is 5.92. The molecule has 1 heterocycles. The van der Waals surface area contributed by atoms with Crippen LogP contribution in [0.5, 0.6) is 11.5 Å². The maximum atomic E-state index is 12.0. The van der Waals surface area contributed by atoms with E-state index in [9.17, 15) is 9.59 Å². The molecular weight excluding hydrogens is 286 g/mol. The van der Waals surface area contributed by atoms with E-state index in [4.69, 9.17) is 14.6 Å². The van der Waals surface area contributed by atoms with Crippen LogP contribution in [0, 0.1) is 0 Å². The van der Waals surface area contributed by atoms with Crippen molar-refractivity contribution in [3.05, 3.63) is 29.8 Å². The minimum Gasteiger partial charge on any atom is -0.486 e. The predicted octanol–water partition coefficient (Wildman–Crippen LogP) is 1.79. The van der Waals surface area contributed by atoms with Gasteiger partial charge >= 0.3 is 5.97 Å². The fraction of sp³-hybridized carbons (Fsp3) is 0.375. The lowest BCUT2D eigenvalue weighted by Crippen LogP contribution is -2.31. The Morgan fingerprint density at radius 1 is 1.27 bits per heavy atom. The first-order valence-corrected chi connectivity index (χ1v) is 7.18. The molecule has 0 bridgehead atoms. The molecule has 0 atom stereocenters. The summed E-state index contributed by atoms with van der Waals surface area (Å²) in [6, 6.07) is 5.46. The zero-order chi connectivity index (χ0) is 15.9. The molecule has 0 spiro atoms. The van der Waals surface area contributed by atoms with Gasteiger partial charge in [-0.15, -0.1) is 0 Å². The number of ether oxygens (including phenoxy) is 2. The van der Waals surface area contributed by atoms with Gasteiger partial charge in [0.2, 0.25) is 5.91 Å². The van der Waals surface area contributed by atoms with Gasteiger partial charge in [-0.1, -0.05) is 6.07 Å². The van der Waals surface area contributed by atoms with Crippen LogP contribution >= 0.6 is 0 Å². The summed E-state index contributed by atoms with van der Waals surface area (Å²) in [5, 5.41) is 8.68. The highest BCUT2D eigenvalue weighted by Crippen LogP contribution is 2.31. The second kappa shape index (κ2) is 7.49.